The van der Waals surface area contributed by atoms with Gasteiger partial charge >= 0.3 is 0 Å². The number of rotatable bonds is 5. The van der Waals surface area contributed by atoms with E-state index >= 15 is 0 Å². The molecular weight excluding hydrogens is 402 g/mol. The van der Waals surface area contributed by atoms with E-state index in [2.05, 4.69) is 14.9 Å². The zero-order valence-corrected chi connectivity index (χ0v) is 17.3. The van der Waals surface area contributed by atoms with Gasteiger partial charge in [-0.2, -0.15) is 9.57 Å². The maximum atomic E-state index is 13.0. The van der Waals surface area contributed by atoms with Crippen LogP contribution in [-0.4, -0.2) is 65.9 Å². The third kappa shape index (κ3) is 3.78. The van der Waals surface area contributed by atoms with Gasteiger partial charge in [-0.15, -0.1) is 0 Å². The van der Waals surface area contributed by atoms with E-state index in [9.17, 15) is 8.42 Å². The van der Waals surface area contributed by atoms with Crippen molar-refractivity contribution in [2.24, 2.45) is 0 Å². The normalized spacial score (nSPS) is 24.9. The van der Waals surface area contributed by atoms with Gasteiger partial charge < -0.3 is 4.74 Å². The molecule has 0 amide bonds. The summed E-state index contributed by atoms with van der Waals surface area (Å²) in [5.41, 5.74) is 1.48. The van der Waals surface area contributed by atoms with Crippen molar-refractivity contribution in [3.8, 4) is 11.9 Å². The molecule has 2 aliphatic heterocycles. The highest BCUT2D eigenvalue weighted by atomic mass is 32.2. The molecular formula is C21H23N5O3S. The first-order chi connectivity index (χ1) is 14.5. The zero-order valence-electron chi connectivity index (χ0n) is 16.5. The molecule has 0 radical (unpaired) electrons. The van der Waals surface area contributed by atoms with E-state index in [4.69, 9.17) is 10.00 Å². The highest BCUT2D eigenvalue weighted by Gasteiger charge is 2.41. The smallest absolute Gasteiger partial charge is 0.243 e. The van der Waals surface area contributed by atoms with E-state index in [0.29, 0.717) is 37.0 Å². The number of piperazine rings is 1. The first-order valence-electron chi connectivity index (χ1n) is 10.3. The van der Waals surface area contributed by atoms with Crippen LogP contribution >= 0.6 is 0 Å². The van der Waals surface area contributed by atoms with Crippen LogP contribution in [-0.2, 0) is 10.0 Å². The Morgan fingerprint density at radius 2 is 1.87 bits per heavy atom. The van der Waals surface area contributed by atoms with Gasteiger partial charge in [-0.1, -0.05) is 0 Å². The highest BCUT2D eigenvalue weighted by molar-refractivity contribution is 7.89. The van der Waals surface area contributed by atoms with Crippen LogP contribution in [0.4, 0.5) is 0 Å². The molecule has 3 heterocycles. The van der Waals surface area contributed by atoms with Gasteiger partial charge in [-0.3, -0.25) is 9.88 Å². The molecule has 1 saturated carbocycles. The number of hydrogen-bond donors (Lipinski definition) is 0. The molecule has 0 spiro atoms. The van der Waals surface area contributed by atoms with Crippen molar-refractivity contribution in [3.63, 3.8) is 0 Å². The fourth-order valence-corrected chi connectivity index (χ4v) is 5.74. The molecule has 156 valence electrons. The molecule has 8 nitrogen and oxygen atoms in total. The molecule has 1 aromatic heterocycles. The Labute approximate surface area is 176 Å². The van der Waals surface area contributed by atoms with E-state index < -0.39 is 10.0 Å². The Hall–Kier alpha value is -2.54. The summed E-state index contributed by atoms with van der Waals surface area (Å²) in [6.07, 6.45) is 6.62. The molecule has 1 aromatic carbocycles. The standard InChI is InChI=1S/C21H23N5O3S/c22-10-15-1-5-19(6-2-15)30(27,28)26-8-7-25-14-18(9-17(25)13-26)29-21-12-23-20(11-24-21)16-3-4-16/h1-2,5-6,11-12,16-18H,3-4,7-9,13-14H2/t17-,18+/m0/s1. The SMILES string of the molecule is N#Cc1ccc(S(=O)(=O)N2CCN3C[C@H](Oc4cnc(C5CC5)cn4)C[C@H]3C2)cc1. The lowest BCUT2D eigenvalue weighted by molar-refractivity contribution is 0.151. The fourth-order valence-electron chi connectivity index (χ4n) is 4.27. The van der Waals surface area contributed by atoms with E-state index in [1.165, 1.54) is 37.1 Å². The topological polar surface area (TPSA) is 99.4 Å². The Bertz CT molecular complexity index is 1060. The predicted octanol–water partition coefficient (Wildman–Crippen LogP) is 1.75. The maximum Gasteiger partial charge on any atom is 0.243 e. The Morgan fingerprint density at radius 3 is 2.53 bits per heavy atom. The van der Waals surface area contributed by atoms with Crippen molar-refractivity contribution in [1.29, 1.82) is 5.26 Å². The maximum absolute atomic E-state index is 13.0. The molecule has 30 heavy (non-hydrogen) atoms. The Kier molecular flexibility index (Phi) is 4.93. The predicted molar refractivity (Wildman–Crippen MR) is 108 cm³/mol. The minimum Gasteiger partial charge on any atom is -0.472 e. The van der Waals surface area contributed by atoms with Crippen molar-refractivity contribution in [2.45, 2.75) is 42.2 Å². The number of fused-ring (bicyclic) bond motifs is 1. The second kappa shape index (κ2) is 7.61. The monoisotopic (exact) mass is 425 g/mol. The summed E-state index contributed by atoms with van der Waals surface area (Å²) in [4.78, 5) is 11.4. The van der Waals surface area contributed by atoms with Crippen molar-refractivity contribution in [1.82, 2.24) is 19.2 Å². The van der Waals surface area contributed by atoms with Crippen molar-refractivity contribution in [3.05, 3.63) is 47.9 Å². The third-order valence-electron chi connectivity index (χ3n) is 6.09. The van der Waals surface area contributed by atoms with E-state index in [1.54, 1.807) is 16.7 Å². The van der Waals surface area contributed by atoms with Gasteiger partial charge in [0.1, 0.15) is 6.10 Å². The van der Waals surface area contributed by atoms with E-state index in [0.717, 1.165) is 18.7 Å². The average Bonchev–Trinajstić information content (AvgIpc) is 3.54. The molecule has 0 N–H and O–H groups in total. The molecule has 5 rings (SSSR count). The Morgan fingerprint density at radius 1 is 1.07 bits per heavy atom. The van der Waals surface area contributed by atoms with Crippen LogP contribution < -0.4 is 4.74 Å². The largest absolute Gasteiger partial charge is 0.472 e. The summed E-state index contributed by atoms with van der Waals surface area (Å²) < 4.78 is 33.6. The number of nitriles is 1. The van der Waals surface area contributed by atoms with Gasteiger partial charge in [0.05, 0.1) is 34.6 Å². The first-order valence-corrected chi connectivity index (χ1v) is 11.7. The van der Waals surface area contributed by atoms with Crippen LogP contribution in [0.25, 0.3) is 0 Å². The number of benzene rings is 1. The van der Waals surface area contributed by atoms with Crippen LogP contribution in [0.1, 0.15) is 36.4 Å². The third-order valence-corrected chi connectivity index (χ3v) is 7.97. The number of hydrogen-bond acceptors (Lipinski definition) is 7. The summed E-state index contributed by atoms with van der Waals surface area (Å²) in [6.45, 7) is 2.32. The minimum atomic E-state index is -3.57. The molecule has 0 bridgehead atoms. The van der Waals surface area contributed by atoms with Crippen molar-refractivity contribution < 1.29 is 13.2 Å². The van der Waals surface area contributed by atoms with Crippen LogP contribution in [0.3, 0.4) is 0 Å². The molecule has 2 saturated heterocycles. The van der Waals surface area contributed by atoms with Crippen LogP contribution in [0.5, 0.6) is 5.88 Å². The number of aromatic nitrogens is 2. The lowest BCUT2D eigenvalue weighted by Crippen LogP contribution is -2.51. The number of nitrogens with zero attached hydrogens (tertiary/aromatic N) is 5. The summed E-state index contributed by atoms with van der Waals surface area (Å²) in [7, 11) is -3.57. The van der Waals surface area contributed by atoms with Gasteiger partial charge in [0.25, 0.3) is 0 Å². The Balaban J connectivity index is 1.22. The van der Waals surface area contributed by atoms with Gasteiger partial charge in [0.15, 0.2) is 0 Å². The summed E-state index contributed by atoms with van der Waals surface area (Å²) in [5, 5.41) is 8.92. The molecule has 9 heteroatoms. The quantitative estimate of drug-likeness (QED) is 0.719. The van der Waals surface area contributed by atoms with Gasteiger partial charge in [-0.05, 0) is 37.1 Å². The molecule has 1 aliphatic carbocycles. The summed E-state index contributed by atoms with van der Waals surface area (Å²) in [5.74, 6) is 1.10. The van der Waals surface area contributed by atoms with E-state index in [-0.39, 0.29) is 17.0 Å². The van der Waals surface area contributed by atoms with Crippen LogP contribution in [0.15, 0.2) is 41.6 Å². The molecule has 0 unspecified atom stereocenters. The summed E-state index contributed by atoms with van der Waals surface area (Å²) >= 11 is 0. The molecule has 3 fully saturated rings. The van der Waals surface area contributed by atoms with Crippen LogP contribution in [0, 0.1) is 11.3 Å². The second-order valence-electron chi connectivity index (χ2n) is 8.18. The lowest BCUT2D eigenvalue weighted by atomic mass is 10.2. The molecule has 2 atom stereocenters. The number of ether oxygens (including phenoxy) is 1. The van der Waals surface area contributed by atoms with Crippen LogP contribution in [0.2, 0.25) is 0 Å². The van der Waals surface area contributed by atoms with Crippen molar-refractivity contribution >= 4 is 10.0 Å². The average molecular weight is 426 g/mol. The zero-order chi connectivity index (χ0) is 20.7. The first kappa shape index (κ1) is 19.4. The lowest BCUT2D eigenvalue weighted by Gasteiger charge is -2.36. The minimum absolute atomic E-state index is 0.0198. The highest BCUT2D eigenvalue weighted by Crippen LogP contribution is 2.38. The summed E-state index contributed by atoms with van der Waals surface area (Å²) in [6, 6.07) is 8.22. The van der Waals surface area contributed by atoms with Gasteiger partial charge in [0, 0.05) is 44.6 Å². The van der Waals surface area contributed by atoms with Gasteiger partial charge in [-0.25, -0.2) is 13.4 Å². The molecule has 2 aromatic rings. The van der Waals surface area contributed by atoms with Crippen molar-refractivity contribution in [2.75, 3.05) is 26.2 Å². The second-order valence-corrected chi connectivity index (χ2v) is 10.1. The van der Waals surface area contributed by atoms with Gasteiger partial charge in [0.2, 0.25) is 15.9 Å². The molecule has 3 aliphatic rings. The van der Waals surface area contributed by atoms with E-state index in [1.807, 2.05) is 6.07 Å². The fraction of sp³-hybridized carbons (Fsp3) is 0.476. The number of sulfonamides is 1.